The Morgan fingerprint density at radius 1 is 1.00 bits per heavy atom. The minimum Gasteiger partial charge on any atom is -0.493 e. The van der Waals surface area contributed by atoms with Gasteiger partial charge in [-0.1, -0.05) is 55.8 Å². The molecule has 0 atom stereocenters. The first-order valence-corrected chi connectivity index (χ1v) is 6.88. The van der Waals surface area contributed by atoms with E-state index in [1.54, 1.807) is 13.4 Å². The molecule has 2 rings (SSSR count). The summed E-state index contributed by atoms with van der Waals surface area (Å²) in [5, 5.41) is 0. The zero-order valence-electron chi connectivity index (χ0n) is 12.0. The Kier molecular flexibility index (Phi) is 5.24. The zero-order valence-corrected chi connectivity index (χ0v) is 12.0. The minimum atomic E-state index is 0.711. The molecule has 0 aliphatic heterocycles. The molecule has 0 saturated heterocycles. The molecule has 2 aromatic rings. The van der Waals surface area contributed by atoms with Crippen molar-refractivity contribution in [3.8, 4) is 5.75 Å². The van der Waals surface area contributed by atoms with Crippen molar-refractivity contribution in [2.75, 3.05) is 7.11 Å². The van der Waals surface area contributed by atoms with E-state index in [1.165, 1.54) is 5.56 Å². The molecule has 0 spiro atoms. The quantitative estimate of drug-likeness (QED) is 0.709. The fourth-order valence-corrected chi connectivity index (χ4v) is 1.98. The lowest BCUT2D eigenvalue weighted by Crippen LogP contribution is -1.92. The smallest absolute Gasteiger partial charge is 0.161 e. The van der Waals surface area contributed by atoms with Crippen molar-refractivity contribution in [3.05, 3.63) is 72.0 Å². The van der Waals surface area contributed by atoms with E-state index in [0.29, 0.717) is 5.76 Å². The Labute approximate surface area is 120 Å². The predicted molar refractivity (Wildman–Crippen MR) is 82.5 cm³/mol. The maximum absolute atomic E-state index is 5.66. The van der Waals surface area contributed by atoms with E-state index in [1.807, 2.05) is 42.5 Å². The molecule has 2 heteroatoms. The van der Waals surface area contributed by atoms with Gasteiger partial charge in [0.05, 0.1) is 7.11 Å². The van der Waals surface area contributed by atoms with E-state index in [-0.39, 0.29) is 0 Å². The van der Waals surface area contributed by atoms with E-state index in [9.17, 15) is 0 Å². The summed E-state index contributed by atoms with van der Waals surface area (Å²) in [5.41, 5.74) is 2.33. The predicted octanol–water partition coefficient (Wildman–Crippen LogP) is 4.66. The molecule has 0 aliphatic carbocycles. The molecule has 0 bridgehead atoms. The summed E-state index contributed by atoms with van der Waals surface area (Å²) in [6.07, 6.45) is 3.90. The van der Waals surface area contributed by atoms with Crippen molar-refractivity contribution in [1.82, 2.24) is 0 Å². The topological polar surface area (TPSA) is 18.5 Å². The fourth-order valence-electron chi connectivity index (χ4n) is 1.98. The maximum Gasteiger partial charge on any atom is 0.161 e. The molecule has 2 aromatic carbocycles. The highest BCUT2D eigenvalue weighted by Gasteiger charge is 2.01. The lowest BCUT2D eigenvalue weighted by molar-refractivity contribution is 0.351. The highest BCUT2D eigenvalue weighted by Crippen LogP contribution is 2.18. The van der Waals surface area contributed by atoms with E-state index in [2.05, 4.69) is 19.1 Å². The van der Waals surface area contributed by atoms with Gasteiger partial charge in [-0.3, -0.25) is 0 Å². The van der Waals surface area contributed by atoms with Crippen LogP contribution in [-0.4, -0.2) is 7.11 Å². The van der Waals surface area contributed by atoms with Crippen molar-refractivity contribution in [2.45, 2.75) is 19.8 Å². The van der Waals surface area contributed by atoms with Gasteiger partial charge in [0.25, 0.3) is 0 Å². The monoisotopic (exact) mass is 268 g/mol. The molecule has 104 valence electrons. The molecule has 0 aromatic heterocycles. The number of benzene rings is 2. The molecular weight excluding hydrogens is 248 g/mol. The van der Waals surface area contributed by atoms with Crippen LogP contribution < -0.4 is 4.74 Å². The first kappa shape index (κ1) is 14.2. The second-order valence-corrected chi connectivity index (χ2v) is 4.56. The normalized spacial score (nSPS) is 11.2. The molecule has 0 aliphatic rings. The van der Waals surface area contributed by atoms with Gasteiger partial charge in [0, 0.05) is 5.56 Å². The van der Waals surface area contributed by atoms with E-state index in [4.69, 9.17) is 9.47 Å². The Morgan fingerprint density at radius 3 is 2.30 bits per heavy atom. The molecule has 0 heterocycles. The van der Waals surface area contributed by atoms with Gasteiger partial charge >= 0.3 is 0 Å². The number of hydrogen-bond acceptors (Lipinski definition) is 2. The van der Waals surface area contributed by atoms with Crippen LogP contribution >= 0.6 is 0 Å². The summed E-state index contributed by atoms with van der Waals surface area (Å²) >= 11 is 0. The number of ether oxygens (including phenoxy) is 2. The van der Waals surface area contributed by atoms with Crippen molar-refractivity contribution in [3.63, 3.8) is 0 Å². The number of aryl methyl sites for hydroxylation is 1. The Morgan fingerprint density at radius 2 is 1.70 bits per heavy atom. The van der Waals surface area contributed by atoms with Crippen LogP contribution in [0, 0.1) is 0 Å². The summed E-state index contributed by atoms with van der Waals surface area (Å²) in [6, 6.07) is 18.1. The average Bonchev–Trinajstić information content (AvgIpc) is 2.51. The second-order valence-electron chi connectivity index (χ2n) is 4.56. The van der Waals surface area contributed by atoms with Crippen molar-refractivity contribution in [2.24, 2.45) is 0 Å². The third-order valence-electron chi connectivity index (χ3n) is 3.04. The van der Waals surface area contributed by atoms with Gasteiger partial charge in [0.1, 0.15) is 12.0 Å². The summed E-state index contributed by atoms with van der Waals surface area (Å²) in [5.74, 6) is 1.53. The highest BCUT2D eigenvalue weighted by atomic mass is 16.5. The first-order chi connectivity index (χ1) is 9.83. The Balaban J connectivity index is 2.07. The van der Waals surface area contributed by atoms with Gasteiger partial charge < -0.3 is 9.47 Å². The van der Waals surface area contributed by atoms with Gasteiger partial charge in [-0.25, -0.2) is 0 Å². The first-order valence-electron chi connectivity index (χ1n) is 6.88. The average molecular weight is 268 g/mol. The van der Waals surface area contributed by atoms with Gasteiger partial charge in [-0.15, -0.1) is 0 Å². The largest absolute Gasteiger partial charge is 0.493 e. The zero-order chi connectivity index (χ0) is 14.2. The molecule has 0 saturated carbocycles. The Hall–Kier alpha value is -2.22. The lowest BCUT2D eigenvalue weighted by atomic mass is 10.1. The molecular formula is C18H20O2. The maximum atomic E-state index is 5.66. The highest BCUT2D eigenvalue weighted by molar-refractivity contribution is 5.58. The summed E-state index contributed by atoms with van der Waals surface area (Å²) in [6.45, 7) is 2.18. The second kappa shape index (κ2) is 7.39. The van der Waals surface area contributed by atoms with Crippen LogP contribution in [0.25, 0.3) is 5.76 Å². The molecule has 2 nitrogen and oxygen atoms in total. The van der Waals surface area contributed by atoms with Crippen LogP contribution in [0.1, 0.15) is 24.5 Å². The standard InChI is InChI=1S/C18H20O2/c1-3-7-15-10-12-17(13-11-15)20-14-18(19-2)16-8-5-4-6-9-16/h4-6,8-14H,3,7H2,1-2H3. The molecule has 0 unspecified atom stereocenters. The minimum absolute atomic E-state index is 0.711. The third kappa shape index (κ3) is 3.89. The van der Waals surface area contributed by atoms with Crippen molar-refractivity contribution < 1.29 is 9.47 Å². The van der Waals surface area contributed by atoms with Gasteiger partial charge in [-0.2, -0.15) is 0 Å². The fraction of sp³-hybridized carbons (Fsp3) is 0.222. The Bertz CT molecular complexity index is 541. The summed E-state index contributed by atoms with van der Waals surface area (Å²) < 4.78 is 11.0. The van der Waals surface area contributed by atoms with Gasteiger partial charge in [0.2, 0.25) is 0 Å². The van der Waals surface area contributed by atoms with Gasteiger partial charge in [0.15, 0.2) is 5.76 Å². The van der Waals surface area contributed by atoms with E-state index in [0.717, 1.165) is 24.2 Å². The van der Waals surface area contributed by atoms with E-state index >= 15 is 0 Å². The van der Waals surface area contributed by atoms with Crippen LogP contribution in [-0.2, 0) is 11.2 Å². The van der Waals surface area contributed by atoms with Crippen molar-refractivity contribution in [1.29, 1.82) is 0 Å². The number of methoxy groups -OCH3 is 1. The van der Waals surface area contributed by atoms with Crippen LogP contribution in [0.3, 0.4) is 0 Å². The number of rotatable bonds is 6. The van der Waals surface area contributed by atoms with Crippen LogP contribution in [0.2, 0.25) is 0 Å². The molecule has 0 amide bonds. The van der Waals surface area contributed by atoms with Crippen molar-refractivity contribution >= 4 is 5.76 Å². The van der Waals surface area contributed by atoms with Crippen LogP contribution in [0.15, 0.2) is 60.9 Å². The summed E-state index contributed by atoms with van der Waals surface area (Å²) in [4.78, 5) is 0. The SMILES string of the molecule is CCCc1ccc(OC=C(OC)c2ccccc2)cc1. The molecule has 0 N–H and O–H groups in total. The van der Waals surface area contributed by atoms with Gasteiger partial charge in [-0.05, 0) is 24.1 Å². The molecule has 0 fully saturated rings. The summed E-state index contributed by atoms with van der Waals surface area (Å²) in [7, 11) is 1.65. The molecule has 20 heavy (non-hydrogen) atoms. The molecule has 0 radical (unpaired) electrons. The third-order valence-corrected chi connectivity index (χ3v) is 3.04. The van der Waals surface area contributed by atoms with Crippen LogP contribution in [0.4, 0.5) is 0 Å². The van der Waals surface area contributed by atoms with E-state index < -0.39 is 0 Å². The number of hydrogen-bond donors (Lipinski definition) is 0. The lowest BCUT2D eigenvalue weighted by Gasteiger charge is -2.07. The van der Waals surface area contributed by atoms with Crippen LogP contribution in [0.5, 0.6) is 5.75 Å².